The summed E-state index contributed by atoms with van der Waals surface area (Å²) in [5, 5.41) is 0. The van der Waals surface area contributed by atoms with Crippen molar-refractivity contribution in [3.05, 3.63) is 88.6 Å². The smallest absolute Gasteiger partial charge is 0.397 e. The van der Waals surface area contributed by atoms with Gasteiger partial charge in [-0.15, -0.1) is 0 Å². The topological polar surface area (TPSA) is 27.7 Å². The molecule has 164 valence electrons. The van der Waals surface area contributed by atoms with Gasteiger partial charge in [0.25, 0.3) is 0 Å². The van der Waals surface area contributed by atoms with Gasteiger partial charge in [0, 0.05) is 4.47 Å². The summed E-state index contributed by atoms with van der Waals surface area (Å²) in [6, 6.07) is 19.0. The molecule has 0 aromatic heterocycles. The molecule has 0 spiro atoms. The summed E-state index contributed by atoms with van der Waals surface area (Å²) in [6.07, 6.45) is -4.49. The van der Waals surface area contributed by atoms with Crippen LogP contribution in [0.25, 0.3) is 0 Å². The Balaban J connectivity index is 1.53. The Morgan fingerprint density at radius 1 is 0.806 bits per heavy atom. The number of hydrogen-bond acceptors (Lipinski definition) is 3. The van der Waals surface area contributed by atoms with Crippen LogP contribution < -0.4 is 9.47 Å². The molecule has 3 aromatic carbocycles. The van der Waals surface area contributed by atoms with Crippen molar-refractivity contribution >= 4 is 15.9 Å². The zero-order chi connectivity index (χ0) is 22.3. The standard InChI is InChI=1S/C23H19BrF4O3/c24-18-4-8-21(9-5-18)31-22-3-1-2-16(12-22)13-29-14-17(23(26,27)28)15-30-20-10-6-19(25)7-11-20/h1-12,17H,13-15H2. The molecule has 0 N–H and O–H groups in total. The first-order valence-corrected chi connectivity index (χ1v) is 10.1. The van der Waals surface area contributed by atoms with Gasteiger partial charge in [0.1, 0.15) is 35.6 Å². The third kappa shape index (κ3) is 7.56. The van der Waals surface area contributed by atoms with Gasteiger partial charge in [-0.3, -0.25) is 0 Å². The van der Waals surface area contributed by atoms with Crippen molar-refractivity contribution in [3.8, 4) is 17.2 Å². The fraction of sp³-hybridized carbons (Fsp3) is 0.217. The van der Waals surface area contributed by atoms with Gasteiger partial charge in [-0.05, 0) is 66.2 Å². The lowest BCUT2D eigenvalue weighted by molar-refractivity contribution is -0.196. The summed E-state index contributed by atoms with van der Waals surface area (Å²) in [4.78, 5) is 0. The van der Waals surface area contributed by atoms with Crippen molar-refractivity contribution in [1.82, 2.24) is 0 Å². The Morgan fingerprint density at radius 2 is 1.48 bits per heavy atom. The van der Waals surface area contributed by atoms with Crippen LogP contribution in [-0.2, 0) is 11.3 Å². The Labute approximate surface area is 185 Å². The van der Waals surface area contributed by atoms with E-state index in [9.17, 15) is 17.6 Å². The van der Waals surface area contributed by atoms with Crippen molar-refractivity contribution in [2.24, 2.45) is 5.92 Å². The van der Waals surface area contributed by atoms with E-state index in [0.717, 1.165) is 16.6 Å². The summed E-state index contributed by atoms with van der Waals surface area (Å²) < 4.78 is 70.0. The first-order chi connectivity index (χ1) is 14.8. The van der Waals surface area contributed by atoms with Gasteiger partial charge in [-0.1, -0.05) is 28.1 Å². The van der Waals surface area contributed by atoms with Crippen LogP contribution in [0.4, 0.5) is 17.6 Å². The predicted molar refractivity (Wildman–Crippen MR) is 112 cm³/mol. The van der Waals surface area contributed by atoms with Crippen molar-refractivity contribution in [2.75, 3.05) is 13.2 Å². The van der Waals surface area contributed by atoms with E-state index in [1.165, 1.54) is 12.1 Å². The molecule has 0 amide bonds. The maximum absolute atomic E-state index is 13.3. The van der Waals surface area contributed by atoms with Gasteiger partial charge in [0.05, 0.1) is 13.2 Å². The van der Waals surface area contributed by atoms with Crippen LogP contribution in [-0.4, -0.2) is 19.4 Å². The van der Waals surface area contributed by atoms with Crippen molar-refractivity contribution < 1.29 is 31.8 Å². The molecule has 0 aliphatic rings. The Bertz CT molecular complexity index is 960. The first-order valence-electron chi connectivity index (χ1n) is 9.35. The zero-order valence-corrected chi connectivity index (χ0v) is 17.8. The predicted octanol–water partition coefficient (Wildman–Crippen LogP) is 7.15. The molecule has 0 fully saturated rings. The molecule has 0 aliphatic carbocycles. The normalized spacial score (nSPS) is 12.4. The second kappa shape index (κ2) is 10.6. The molecule has 31 heavy (non-hydrogen) atoms. The lowest BCUT2D eigenvalue weighted by atomic mass is 10.1. The summed E-state index contributed by atoms with van der Waals surface area (Å²) >= 11 is 3.35. The molecule has 0 aliphatic heterocycles. The molecule has 0 bridgehead atoms. The highest BCUT2D eigenvalue weighted by Gasteiger charge is 2.40. The van der Waals surface area contributed by atoms with Crippen LogP contribution in [0.2, 0.25) is 0 Å². The average Bonchev–Trinajstić information content (AvgIpc) is 2.73. The van der Waals surface area contributed by atoms with E-state index >= 15 is 0 Å². The summed E-state index contributed by atoms with van der Waals surface area (Å²) in [5.74, 6) is -0.964. The van der Waals surface area contributed by atoms with Crippen LogP contribution in [0.5, 0.6) is 17.2 Å². The quantitative estimate of drug-likeness (QED) is 0.293. The molecule has 0 radical (unpaired) electrons. The average molecular weight is 499 g/mol. The van der Waals surface area contributed by atoms with Crippen LogP contribution in [0.3, 0.4) is 0 Å². The Kier molecular flexibility index (Phi) is 7.92. The maximum atomic E-state index is 13.3. The minimum absolute atomic E-state index is 0.0132. The first kappa shape index (κ1) is 23.1. The van der Waals surface area contributed by atoms with Crippen LogP contribution in [0, 0.1) is 11.7 Å². The summed E-state index contributed by atoms with van der Waals surface area (Å²) in [6.45, 7) is -1.20. The highest BCUT2D eigenvalue weighted by atomic mass is 79.9. The largest absolute Gasteiger partial charge is 0.493 e. The SMILES string of the molecule is Fc1ccc(OCC(COCc2cccc(Oc3ccc(Br)cc3)c2)C(F)(F)F)cc1. The summed E-state index contributed by atoms with van der Waals surface area (Å²) in [5.41, 5.74) is 0.676. The van der Waals surface area contributed by atoms with E-state index in [4.69, 9.17) is 14.2 Å². The third-order valence-electron chi connectivity index (χ3n) is 4.26. The van der Waals surface area contributed by atoms with Crippen molar-refractivity contribution in [1.29, 1.82) is 0 Å². The molecule has 3 aromatic rings. The molecule has 0 heterocycles. The molecule has 0 saturated heterocycles. The minimum Gasteiger partial charge on any atom is -0.493 e. The van der Waals surface area contributed by atoms with Crippen LogP contribution in [0.1, 0.15) is 5.56 Å². The highest BCUT2D eigenvalue weighted by Crippen LogP contribution is 2.28. The van der Waals surface area contributed by atoms with E-state index < -0.39 is 31.1 Å². The van der Waals surface area contributed by atoms with Crippen molar-refractivity contribution in [2.45, 2.75) is 12.8 Å². The Hall–Kier alpha value is -2.58. The van der Waals surface area contributed by atoms with Gasteiger partial charge in [-0.25, -0.2) is 4.39 Å². The zero-order valence-electron chi connectivity index (χ0n) is 16.2. The molecule has 3 rings (SSSR count). The van der Waals surface area contributed by atoms with Gasteiger partial charge >= 0.3 is 6.18 Å². The van der Waals surface area contributed by atoms with Gasteiger partial charge in [-0.2, -0.15) is 13.2 Å². The molecule has 3 nitrogen and oxygen atoms in total. The number of benzene rings is 3. The molecular weight excluding hydrogens is 480 g/mol. The Morgan fingerprint density at radius 3 is 2.16 bits per heavy atom. The lowest BCUT2D eigenvalue weighted by Crippen LogP contribution is -2.32. The van der Waals surface area contributed by atoms with Crippen LogP contribution >= 0.6 is 15.9 Å². The number of halogens is 5. The fourth-order valence-corrected chi connectivity index (χ4v) is 2.89. The minimum atomic E-state index is -4.49. The fourth-order valence-electron chi connectivity index (χ4n) is 2.62. The van der Waals surface area contributed by atoms with Gasteiger partial charge in [0.15, 0.2) is 0 Å². The van der Waals surface area contributed by atoms with E-state index in [0.29, 0.717) is 17.1 Å². The lowest BCUT2D eigenvalue weighted by Gasteiger charge is -2.20. The van der Waals surface area contributed by atoms with Crippen LogP contribution in [0.15, 0.2) is 77.3 Å². The molecule has 0 saturated carbocycles. The van der Waals surface area contributed by atoms with E-state index in [1.807, 2.05) is 12.1 Å². The second-order valence-electron chi connectivity index (χ2n) is 6.72. The highest BCUT2D eigenvalue weighted by molar-refractivity contribution is 9.10. The van der Waals surface area contributed by atoms with E-state index in [-0.39, 0.29) is 12.4 Å². The maximum Gasteiger partial charge on any atom is 0.397 e. The number of hydrogen-bond donors (Lipinski definition) is 0. The van der Waals surface area contributed by atoms with E-state index in [1.54, 1.807) is 36.4 Å². The van der Waals surface area contributed by atoms with Crippen molar-refractivity contribution in [3.63, 3.8) is 0 Å². The number of ether oxygens (including phenoxy) is 3. The molecule has 1 atom stereocenters. The second-order valence-corrected chi connectivity index (χ2v) is 7.64. The molecular formula is C23H19BrF4O3. The number of rotatable bonds is 9. The molecule has 1 unspecified atom stereocenters. The number of alkyl halides is 3. The third-order valence-corrected chi connectivity index (χ3v) is 4.79. The van der Waals surface area contributed by atoms with Gasteiger partial charge < -0.3 is 14.2 Å². The monoisotopic (exact) mass is 498 g/mol. The molecule has 8 heteroatoms. The van der Waals surface area contributed by atoms with E-state index in [2.05, 4.69) is 15.9 Å². The summed E-state index contributed by atoms with van der Waals surface area (Å²) in [7, 11) is 0. The van der Waals surface area contributed by atoms with Gasteiger partial charge in [0.2, 0.25) is 0 Å².